The minimum atomic E-state index is -0.698. The number of carbonyl (C=O) groups is 2. The van der Waals surface area contributed by atoms with Crippen molar-refractivity contribution in [2.24, 2.45) is 0 Å². The van der Waals surface area contributed by atoms with Gasteiger partial charge >= 0.3 is 5.97 Å². The second-order valence-electron chi connectivity index (χ2n) is 17.5. The number of carbonyl (C=O) groups excluding carboxylic acids is 2. The number of hydrogen-bond donors (Lipinski definition) is 3. The van der Waals surface area contributed by atoms with E-state index in [1.54, 1.807) is 0 Å². The number of nitrogens with one attached hydrogen (secondary N) is 1. The van der Waals surface area contributed by atoms with Crippen molar-refractivity contribution in [1.82, 2.24) is 5.32 Å². The third-order valence-corrected chi connectivity index (χ3v) is 11.8. The van der Waals surface area contributed by atoms with Gasteiger partial charge in [-0.3, -0.25) is 9.59 Å². The Kier molecular flexibility index (Phi) is 46.6. The molecule has 342 valence electrons. The average Bonchev–Trinajstić information content (AvgIpc) is 3.22. The van der Waals surface area contributed by atoms with Gasteiger partial charge in [-0.15, -0.1) is 0 Å². The Morgan fingerprint density at radius 1 is 0.483 bits per heavy atom. The van der Waals surface area contributed by atoms with Gasteiger partial charge in [-0.2, -0.15) is 0 Å². The standard InChI is InChI=1S/C52H99NO5/c1-3-5-7-9-11-13-15-17-18-19-21-24-28-32-36-40-44-50(55)49(48-54)53-51(56)45-41-37-33-29-25-22-20-23-27-31-35-39-43-47-58-52(57)46-42-38-34-30-26-16-14-12-10-8-6-4-2/h22,25,33,37,49-50,54-55H,3-21,23-24,26-32,34-36,38-48H2,1-2H3,(H,53,56)/b25-22-,37-33-. The summed E-state index contributed by atoms with van der Waals surface area (Å²) in [6, 6.07) is -0.584. The van der Waals surface area contributed by atoms with Gasteiger partial charge < -0.3 is 20.3 Å². The maximum absolute atomic E-state index is 12.4. The van der Waals surface area contributed by atoms with Crippen molar-refractivity contribution in [3.8, 4) is 0 Å². The summed E-state index contributed by atoms with van der Waals surface area (Å²) in [6.45, 7) is 4.89. The number of amides is 1. The van der Waals surface area contributed by atoms with E-state index in [-0.39, 0.29) is 18.5 Å². The summed E-state index contributed by atoms with van der Waals surface area (Å²) in [6.07, 6.45) is 55.8. The van der Waals surface area contributed by atoms with Crippen LogP contribution in [0.2, 0.25) is 0 Å². The van der Waals surface area contributed by atoms with E-state index in [9.17, 15) is 19.8 Å². The number of unbranched alkanes of at least 4 members (excludes halogenated alkanes) is 32. The summed E-state index contributed by atoms with van der Waals surface area (Å²) in [5.74, 6) is -0.131. The molecule has 0 radical (unpaired) electrons. The van der Waals surface area contributed by atoms with Crippen molar-refractivity contribution in [2.45, 2.75) is 283 Å². The van der Waals surface area contributed by atoms with Crippen LogP contribution in [0.15, 0.2) is 24.3 Å². The summed E-state index contributed by atoms with van der Waals surface area (Å²) in [7, 11) is 0. The molecule has 0 heterocycles. The van der Waals surface area contributed by atoms with E-state index in [0.717, 1.165) is 51.4 Å². The Morgan fingerprint density at radius 3 is 1.34 bits per heavy atom. The van der Waals surface area contributed by atoms with E-state index in [2.05, 4.69) is 37.4 Å². The number of hydrogen-bond acceptors (Lipinski definition) is 5. The summed E-state index contributed by atoms with van der Waals surface area (Å²) in [5.41, 5.74) is 0. The van der Waals surface area contributed by atoms with Gasteiger partial charge in [-0.25, -0.2) is 0 Å². The second-order valence-corrected chi connectivity index (χ2v) is 17.5. The van der Waals surface area contributed by atoms with Crippen LogP contribution in [0.4, 0.5) is 0 Å². The smallest absolute Gasteiger partial charge is 0.305 e. The van der Waals surface area contributed by atoms with E-state index in [1.165, 1.54) is 180 Å². The van der Waals surface area contributed by atoms with Crippen molar-refractivity contribution >= 4 is 11.9 Å². The van der Waals surface area contributed by atoms with Gasteiger partial charge in [0, 0.05) is 12.8 Å². The molecule has 2 unspecified atom stereocenters. The zero-order valence-electron chi connectivity index (χ0n) is 38.8. The Hall–Kier alpha value is -1.66. The van der Waals surface area contributed by atoms with Crippen LogP contribution in [0.5, 0.6) is 0 Å². The number of aliphatic hydroxyl groups excluding tert-OH is 2. The number of rotatable bonds is 47. The van der Waals surface area contributed by atoms with Crippen LogP contribution >= 0.6 is 0 Å². The molecule has 0 aromatic rings. The number of aliphatic hydroxyl groups is 2. The van der Waals surface area contributed by atoms with Gasteiger partial charge in [0.1, 0.15) is 0 Å². The first-order chi connectivity index (χ1) is 28.5. The van der Waals surface area contributed by atoms with E-state index in [4.69, 9.17) is 4.74 Å². The highest BCUT2D eigenvalue weighted by Gasteiger charge is 2.19. The zero-order chi connectivity index (χ0) is 42.3. The van der Waals surface area contributed by atoms with Crippen LogP contribution in [0.1, 0.15) is 271 Å². The van der Waals surface area contributed by atoms with Crippen molar-refractivity contribution in [2.75, 3.05) is 13.2 Å². The largest absolute Gasteiger partial charge is 0.466 e. The highest BCUT2D eigenvalue weighted by atomic mass is 16.5. The molecule has 3 N–H and O–H groups in total. The molecule has 0 saturated heterocycles. The number of allylic oxidation sites excluding steroid dienone is 4. The first-order valence-corrected chi connectivity index (χ1v) is 25.6. The Labute approximate surface area is 361 Å². The average molecular weight is 818 g/mol. The molecule has 0 aliphatic rings. The van der Waals surface area contributed by atoms with Crippen LogP contribution in [0.25, 0.3) is 0 Å². The summed E-state index contributed by atoms with van der Waals surface area (Å²) < 4.78 is 5.44. The lowest BCUT2D eigenvalue weighted by Gasteiger charge is -2.22. The Bertz CT molecular complexity index is 904. The molecule has 0 bridgehead atoms. The molecular formula is C52H99NO5. The Morgan fingerprint density at radius 2 is 0.879 bits per heavy atom. The third-order valence-electron chi connectivity index (χ3n) is 11.8. The molecule has 2 atom stereocenters. The molecule has 1 amide bonds. The minimum Gasteiger partial charge on any atom is -0.466 e. The van der Waals surface area contributed by atoms with Gasteiger partial charge in [0.25, 0.3) is 0 Å². The molecule has 6 heteroatoms. The second kappa shape index (κ2) is 48.0. The lowest BCUT2D eigenvalue weighted by atomic mass is 10.0. The van der Waals surface area contributed by atoms with Crippen LogP contribution in [-0.2, 0) is 14.3 Å². The summed E-state index contributed by atoms with van der Waals surface area (Å²) >= 11 is 0. The molecule has 0 aromatic carbocycles. The topological polar surface area (TPSA) is 95.9 Å². The van der Waals surface area contributed by atoms with E-state index in [0.29, 0.717) is 32.3 Å². The number of esters is 1. The van der Waals surface area contributed by atoms with Crippen molar-refractivity contribution in [3.63, 3.8) is 0 Å². The van der Waals surface area contributed by atoms with E-state index < -0.39 is 12.1 Å². The highest BCUT2D eigenvalue weighted by Crippen LogP contribution is 2.16. The fraction of sp³-hybridized carbons (Fsp3) is 0.885. The SMILES string of the molecule is CCCCCCCCCCCCCCCCCCC(O)C(CO)NC(=O)CC/C=C\C/C=C\CCCCCCCCOC(=O)CCCCCCCCCCCCCC. The molecule has 0 aliphatic carbocycles. The maximum Gasteiger partial charge on any atom is 0.305 e. The fourth-order valence-electron chi connectivity index (χ4n) is 7.81. The molecule has 0 fully saturated rings. The van der Waals surface area contributed by atoms with Gasteiger partial charge in [0.2, 0.25) is 5.91 Å². The normalized spacial score (nSPS) is 12.8. The van der Waals surface area contributed by atoms with E-state index >= 15 is 0 Å². The van der Waals surface area contributed by atoms with Crippen LogP contribution in [-0.4, -0.2) is 47.4 Å². The lowest BCUT2D eigenvalue weighted by molar-refractivity contribution is -0.143. The molecule has 0 saturated carbocycles. The van der Waals surface area contributed by atoms with Crippen LogP contribution in [0.3, 0.4) is 0 Å². The van der Waals surface area contributed by atoms with Crippen molar-refractivity contribution < 1.29 is 24.5 Å². The lowest BCUT2D eigenvalue weighted by Crippen LogP contribution is -2.45. The number of ether oxygens (including phenoxy) is 1. The Balaban J connectivity index is 3.56. The maximum atomic E-state index is 12.4. The van der Waals surface area contributed by atoms with Gasteiger partial charge in [-0.05, 0) is 44.9 Å². The van der Waals surface area contributed by atoms with Crippen LogP contribution in [0, 0.1) is 0 Å². The molecule has 0 aliphatic heterocycles. The minimum absolute atomic E-state index is 0.0164. The first-order valence-electron chi connectivity index (χ1n) is 25.6. The molecule has 0 rings (SSSR count). The van der Waals surface area contributed by atoms with Gasteiger partial charge in [-0.1, -0.05) is 237 Å². The van der Waals surface area contributed by atoms with Gasteiger partial charge in [0.05, 0.1) is 25.4 Å². The zero-order valence-corrected chi connectivity index (χ0v) is 38.8. The van der Waals surface area contributed by atoms with Crippen molar-refractivity contribution in [3.05, 3.63) is 24.3 Å². The van der Waals surface area contributed by atoms with Crippen molar-refractivity contribution in [1.29, 1.82) is 0 Å². The monoisotopic (exact) mass is 818 g/mol. The molecule has 6 nitrogen and oxygen atoms in total. The fourth-order valence-corrected chi connectivity index (χ4v) is 7.81. The predicted molar refractivity (Wildman–Crippen MR) is 250 cm³/mol. The summed E-state index contributed by atoms with van der Waals surface area (Å²) in [5, 5.41) is 23.1. The molecule has 58 heavy (non-hydrogen) atoms. The molecule has 0 spiro atoms. The summed E-state index contributed by atoms with van der Waals surface area (Å²) in [4.78, 5) is 24.4. The van der Waals surface area contributed by atoms with E-state index in [1.807, 2.05) is 6.08 Å². The third kappa shape index (κ3) is 43.9. The molecular weight excluding hydrogens is 719 g/mol. The van der Waals surface area contributed by atoms with Crippen LogP contribution < -0.4 is 5.32 Å². The first kappa shape index (κ1) is 56.3. The quantitative estimate of drug-likeness (QED) is 0.0323. The highest BCUT2D eigenvalue weighted by molar-refractivity contribution is 5.76. The predicted octanol–water partition coefficient (Wildman–Crippen LogP) is 15.1. The van der Waals surface area contributed by atoms with Gasteiger partial charge in [0.15, 0.2) is 0 Å². The molecule has 0 aromatic heterocycles.